The van der Waals surface area contributed by atoms with E-state index in [0.29, 0.717) is 0 Å². The Labute approximate surface area is 59.0 Å². The number of hydrogen-bond donors (Lipinski definition) is 0. The van der Waals surface area contributed by atoms with Gasteiger partial charge in [0.1, 0.15) is 6.10 Å². The van der Waals surface area contributed by atoms with E-state index in [1.54, 1.807) is 18.7 Å². The number of Topliss-reactive ketones (excluding diaryl/α,β-unsaturated/α-hetero) is 1. The van der Waals surface area contributed by atoms with Crippen molar-refractivity contribution >= 4 is 17.5 Å². The zero-order valence-corrected chi connectivity index (χ0v) is 6.24. The average Bonchev–Trinajstić information content (AvgIpc) is 1.90. The minimum atomic E-state index is -0.122. The molecule has 0 aromatic heterocycles. The molecule has 1 heterocycles. The summed E-state index contributed by atoms with van der Waals surface area (Å²) in [7, 11) is 0. The Kier molecular flexibility index (Phi) is 2.54. The monoisotopic (exact) mass is 146 g/mol. The Bertz CT molecular complexity index is 108. The van der Waals surface area contributed by atoms with Crippen molar-refractivity contribution in [2.24, 2.45) is 0 Å². The number of hydrogen-bond acceptors (Lipinski definition) is 3. The Morgan fingerprint density at radius 2 is 2.56 bits per heavy atom. The second-order valence-corrected chi connectivity index (χ2v) is 3.19. The molecule has 1 atom stereocenters. The van der Waals surface area contributed by atoms with Gasteiger partial charge in [0.2, 0.25) is 0 Å². The Morgan fingerprint density at radius 3 is 2.89 bits per heavy atom. The Morgan fingerprint density at radius 1 is 1.78 bits per heavy atom. The van der Waals surface area contributed by atoms with Gasteiger partial charge in [-0.3, -0.25) is 4.79 Å². The second-order valence-electron chi connectivity index (χ2n) is 2.04. The predicted molar refractivity (Wildman–Crippen MR) is 37.7 cm³/mol. The van der Waals surface area contributed by atoms with Gasteiger partial charge in [-0.25, -0.2) is 0 Å². The molecule has 0 radical (unpaired) electrons. The fraction of sp³-hybridized carbons (Fsp3) is 0.833. The molecule has 0 aliphatic carbocycles. The lowest BCUT2D eigenvalue weighted by molar-refractivity contribution is -0.126. The third-order valence-corrected chi connectivity index (χ3v) is 2.26. The van der Waals surface area contributed by atoms with Crippen LogP contribution in [0.3, 0.4) is 0 Å². The molecule has 1 rings (SSSR count). The van der Waals surface area contributed by atoms with E-state index in [1.807, 2.05) is 0 Å². The van der Waals surface area contributed by atoms with Crippen LogP contribution in [0.1, 0.15) is 6.92 Å². The predicted octanol–water partition coefficient (Wildman–Crippen LogP) is 0.707. The van der Waals surface area contributed by atoms with Gasteiger partial charge in [-0.1, -0.05) is 0 Å². The standard InChI is InChI=1S/C6H10O2S/c1-5(7)6-4-9-3-2-8-6/h6H,2-4H2,1H3. The van der Waals surface area contributed by atoms with Crippen LogP contribution >= 0.6 is 11.8 Å². The smallest absolute Gasteiger partial charge is 0.159 e. The third-order valence-electron chi connectivity index (χ3n) is 1.27. The molecule has 1 saturated heterocycles. The zero-order valence-electron chi connectivity index (χ0n) is 5.42. The zero-order chi connectivity index (χ0) is 6.69. The second kappa shape index (κ2) is 3.22. The van der Waals surface area contributed by atoms with Crippen molar-refractivity contribution in [2.45, 2.75) is 13.0 Å². The number of thioether (sulfide) groups is 1. The van der Waals surface area contributed by atoms with Crippen molar-refractivity contribution in [1.82, 2.24) is 0 Å². The first-order valence-electron chi connectivity index (χ1n) is 3.00. The molecule has 3 heteroatoms. The number of rotatable bonds is 1. The van der Waals surface area contributed by atoms with Crippen LogP contribution in [0.15, 0.2) is 0 Å². The van der Waals surface area contributed by atoms with Crippen LogP contribution < -0.4 is 0 Å². The molecule has 2 nitrogen and oxygen atoms in total. The molecule has 1 aliphatic heterocycles. The maximum Gasteiger partial charge on any atom is 0.159 e. The summed E-state index contributed by atoms with van der Waals surface area (Å²) in [6.45, 7) is 2.31. The number of ether oxygens (including phenoxy) is 1. The Balaban J connectivity index is 2.31. The van der Waals surface area contributed by atoms with Crippen LogP contribution in [0.25, 0.3) is 0 Å². The first kappa shape index (κ1) is 7.09. The van der Waals surface area contributed by atoms with Gasteiger partial charge in [0.25, 0.3) is 0 Å². The summed E-state index contributed by atoms with van der Waals surface area (Å²) in [5.74, 6) is 2.03. The van der Waals surface area contributed by atoms with Crippen LogP contribution in [-0.4, -0.2) is 30.0 Å². The van der Waals surface area contributed by atoms with Crippen molar-refractivity contribution in [3.63, 3.8) is 0 Å². The lowest BCUT2D eigenvalue weighted by atomic mass is 10.3. The van der Waals surface area contributed by atoms with Gasteiger partial charge >= 0.3 is 0 Å². The van der Waals surface area contributed by atoms with E-state index < -0.39 is 0 Å². The van der Waals surface area contributed by atoms with Crippen LogP contribution in [0, 0.1) is 0 Å². The van der Waals surface area contributed by atoms with Gasteiger partial charge in [0, 0.05) is 11.5 Å². The van der Waals surface area contributed by atoms with Gasteiger partial charge in [-0.05, 0) is 6.92 Å². The van der Waals surface area contributed by atoms with Crippen molar-refractivity contribution < 1.29 is 9.53 Å². The molecule has 0 saturated carbocycles. The topological polar surface area (TPSA) is 26.3 Å². The molecule has 0 N–H and O–H groups in total. The summed E-state index contributed by atoms with van der Waals surface area (Å²) in [6, 6.07) is 0. The highest BCUT2D eigenvalue weighted by Gasteiger charge is 2.17. The van der Waals surface area contributed by atoms with Crippen LogP contribution in [-0.2, 0) is 9.53 Å². The SMILES string of the molecule is CC(=O)C1CSCCO1. The highest BCUT2D eigenvalue weighted by Crippen LogP contribution is 2.12. The number of carbonyl (C=O) groups is 1. The molecule has 0 amide bonds. The molecular weight excluding hydrogens is 136 g/mol. The van der Waals surface area contributed by atoms with Gasteiger partial charge in [-0.2, -0.15) is 11.8 Å². The normalized spacial score (nSPS) is 27.9. The van der Waals surface area contributed by atoms with E-state index in [1.165, 1.54) is 0 Å². The molecule has 0 aromatic rings. The van der Waals surface area contributed by atoms with E-state index in [9.17, 15) is 4.79 Å². The highest BCUT2D eigenvalue weighted by atomic mass is 32.2. The molecule has 9 heavy (non-hydrogen) atoms. The summed E-state index contributed by atoms with van der Waals surface area (Å²) >= 11 is 1.79. The lowest BCUT2D eigenvalue weighted by Gasteiger charge is -2.18. The minimum absolute atomic E-state index is 0.122. The molecular formula is C6H10O2S. The Hall–Kier alpha value is -0.0200. The largest absolute Gasteiger partial charge is 0.369 e. The molecule has 0 spiro atoms. The molecule has 1 aliphatic rings. The van der Waals surface area contributed by atoms with Crippen LogP contribution in [0.2, 0.25) is 0 Å². The van der Waals surface area contributed by atoms with Crippen LogP contribution in [0.5, 0.6) is 0 Å². The van der Waals surface area contributed by atoms with E-state index in [-0.39, 0.29) is 11.9 Å². The molecule has 1 unspecified atom stereocenters. The quantitative estimate of drug-likeness (QED) is 0.545. The molecule has 0 aromatic carbocycles. The van der Waals surface area contributed by atoms with Gasteiger partial charge in [-0.15, -0.1) is 0 Å². The fourth-order valence-electron chi connectivity index (χ4n) is 0.722. The number of ketones is 1. The maximum atomic E-state index is 10.7. The molecule has 0 bridgehead atoms. The van der Waals surface area contributed by atoms with Gasteiger partial charge < -0.3 is 4.74 Å². The third kappa shape index (κ3) is 1.99. The van der Waals surface area contributed by atoms with Crippen molar-refractivity contribution in [2.75, 3.05) is 18.1 Å². The van der Waals surface area contributed by atoms with E-state index in [4.69, 9.17) is 4.74 Å². The summed E-state index contributed by atoms with van der Waals surface area (Å²) in [4.78, 5) is 10.7. The average molecular weight is 146 g/mol. The van der Waals surface area contributed by atoms with Crippen LogP contribution in [0.4, 0.5) is 0 Å². The maximum absolute atomic E-state index is 10.7. The van der Waals surface area contributed by atoms with Crippen molar-refractivity contribution in [1.29, 1.82) is 0 Å². The first-order chi connectivity index (χ1) is 4.30. The van der Waals surface area contributed by atoms with Gasteiger partial charge in [0.15, 0.2) is 5.78 Å². The fourth-order valence-corrected chi connectivity index (χ4v) is 1.65. The molecule has 1 fully saturated rings. The van der Waals surface area contributed by atoms with Crippen molar-refractivity contribution in [3.05, 3.63) is 0 Å². The first-order valence-corrected chi connectivity index (χ1v) is 4.16. The summed E-state index contributed by atoms with van der Waals surface area (Å²) in [5, 5.41) is 0. The van der Waals surface area contributed by atoms with Gasteiger partial charge in [0.05, 0.1) is 6.61 Å². The van der Waals surface area contributed by atoms with E-state index in [2.05, 4.69) is 0 Å². The lowest BCUT2D eigenvalue weighted by Crippen LogP contribution is -2.29. The van der Waals surface area contributed by atoms with E-state index in [0.717, 1.165) is 18.1 Å². The summed E-state index contributed by atoms with van der Waals surface area (Å²) in [5.41, 5.74) is 0. The number of carbonyl (C=O) groups excluding carboxylic acids is 1. The molecule has 52 valence electrons. The van der Waals surface area contributed by atoms with Crippen molar-refractivity contribution in [3.8, 4) is 0 Å². The van der Waals surface area contributed by atoms with E-state index >= 15 is 0 Å². The summed E-state index contributed by atoms with van der Waals surface area (Å²) in [6.07, 6.45) is -0.122. The highest BCUT2D eigenvalue weighted by molar-refractivity contribution is 7.99. The summed E-state index contributed by atoms with van der Waals surface area (Å²) < 4.78 is 5.17. The minimum Gasteiger partial charge on any atom is -0.369 e.